The zero-order valence-electron chi connectivity index (χ0n) is 15.4. The van der Waals surface area contributed by atoms with E-state index >= 15 is 0 Å². The van der Waals surface area contributed by atoms with Crippen molar-refractivity contribution in [2.24, 2.45) is 0 Å². The van der Waals surface area contributed by atoms with Crippen molar-refractivity contribution in [1.82, 2.24) is 19.7 Å². The van der Waals surface area contributed by atoms with Crippen LogP contribution in [0.4, 0.5) is 0 Å². The molecule has 0 saturated carbocycles. The van der Waals surface area contributed by atoms with E-state index in [9.17, 15) is 9.59 Å². The van der Waals surface area contributed by atoms with E-state index < -0.39 is 5.97 Å². The first-order valence-electron chi connectivity index (χ1n) is 8.37. The molecule has 0 aromatic carbocycles. The highest BCUT2D eigenvalue weighted by Crippen LogP contribution is 2.11. The fraction of sp³-hybridized carbons (Fsp3) is 0.263. The van der Waals surface area contributed by atoms with Gasteiger partial charge in [0.1, 0.15) is 5.76 Å². The van der Waals surface area contributed by atoms with Crippen molar-refractivity contribution in [3.63, 3.8) is 0 Å². The van der Waals surface area contributed by atoms with Crippen molar-refractivity contribution in [3.8, 4) is 5.82 Å². The topological polar surface area (TPSA) is 90.5 Å². The Bertz CT molecular complexity index is 929. The monoisotopic (exact) mass is 368 g/mol. The lowest BCUT2D eigenvalue weighted by Gasteiger charge is -2.15. The molecule has 0 radical (unpaired) electrons. The highest BCUT2D eigenvalue weighted by molar-refractivity contribution is 5.91. The first-order valence-corrected chi connectivity index (χ1v) is 8.37. The maximum absolute atomic E-state index is 12.1. The van der Waals surface area contributed by atoms with Gasteiger partial charge >= 0.3 is 5.97 Å². The lowest BCUT2D eigenvalue weighted by molar-refractivity contribution is -0.133. The Hall–Kier alpha value is -3.42. The van der Waals surface area contributed by atoms with Gasteiger partial charge in [0.15, 0.2) is 12.4 Å². The molecular formula is C19H20N4O4. The second-order valence-electron chi connectivity index (χ2n) is 6.15. The predicted octanol–water partition coefficient (Wildman–Crippen LogP) is 2.29. The number of ether oxygens (including phenoxy) is 1. The van der Waals surface area contributed by atoms with E-state index in [2.05, 4.69) is 10.1 Å². The fourth-order valence-electron chi connectivity index (χ4n) is 2.54. The van der Waals surface area contributed by atoms with Crippen molar-refractivity contribution >= 4 is 11.9 Å². The van der Waals surface area contributed by atoms with Gasteiger partial charge in [-0.3, -0.25) is 4.79 Å². The smallest absolute Gasteiger partial charge is 0.340 e. The van der Waals surface area contributed by atoms with Gasteiger partial charge in [-0.05, 0) is 44.2 Å². The van der Waals surface area contributed by atoms with Gasteiger partial charge in [-0.15, -0.1) is 0 Å². The molecule has 0 aliphatic heterocycles. The van der Waals surface area contributed by atoms with Gasteiger partial charge in [0.05, 0.1) is 24.1 Å². The molecule has 0 atom stereocenters. The van der Waals surface area contributed by atoms with E-state index in [0.29, 0.717) is 18.1 Å². The predicted molar refractivity (Wildman–Crippen MR) is 96.3 cm³/mol. The van der Waals surface area contributed by atoms with Crippen LogP contribution in [0, 0.1) is 13.8 Å². The van der Waals surface area contributed by atoms with E-state index in [1.54, 1.807) is 36.0 Å². The molecule has 3 aromatic heterocycles. The molecule has 0 fully saturated rings. The van der Waals surface area contributed by atoms with E-state index in [-0.39, 0.29) is 18.1 Å². The number of aromatic nitrogens is 3. The lowest BCUT2D eigenvalue weighted by Crippen LogP contribution is -2.30. The van der Waals surface area contributed by atoms with Crippen molar-refractivity contribution in [3.05, 3.63) is 65.5 Å². The third-order valence-electron chi connectivity index (χ3n) is 3.94. The number of hydrogen-bond acceptors (Lipinski definition) is 6. The maximum atomic E-state index is 12.1. The van der Waals surface area contributed by atoms with E-state index in [0.717, 1.165) is 11.4 Å². The fourth-order valence-corrected chi connectivity index (χ4v) is 2.54. The van der Waals surface area contributed by atoms with Crippen molar-refractivity contribution < 1.29 is 18.7 Å². The molecule has 3 heterocycles. The Labute approximate surface area is 156 Å². The molecule has 3 rings (SSSR count). The second kappa shape index (κ2) is 7.86. The largest absolute Gasteiger partial charge is 0.467 e. The van der Waals surface area contributed by atoms with Gasteiger partial charge in [0, 0.05) is 18.9 Å². The van der Waals surface area contributed by atoms with Gasteiger partial charge in [-0.1, -0.05) is 0 Å². The molecule has 0 N–H and O–H groups in total. The minimum atomic E-state index is -0.609. The molecule has 0 bridgehead atoms. The summed E-state index contributed by atoms with van der Waals surface area (Å²) in [5.41, 5.74) is 2.09. The number of hydrogen-bond donors (Lipinski definition) is 0. The van der Waals surface area contributed by atoms with Gasteiger partial charge in [0.25, 0.3) is 5.91 Å². The average Bonchev–Trinajstić information content (AvgIpc) is 3.28. The van der Waals surface area contributed by atoms with Crippen LogP contribution >= 0.6 is 0 Å². The van der Waals surface area contributed by atoms with Gasteiger partial charge in [0.2, 0.25) is 0 Å². The van der Waals surface area contributed by atoms with Crippen molar-refractivity contribution in [2.45, 2.75) is 20.4 Å². The summed E-state index contributed by atoms with van der Waals surface area (Å²) < 4.78 is 12.0. The van der Waals surface area contributed by atoms with Crippen LogP contribution in [-0.4, -0.2) is 45.2 Å². The first kappa shape index (κ1) is 18.4. The molecule has 8 nitrogen and oxygen atoms in total. The van der Waals surface area contributed by atoms with Crippen LogP contribution in [0.5, 0.6) is 0 Å². The summed E-state index contributed by atoms with van der Waals surface area (Å²) >= 11 is 0. The van der Waals surface area contributed by atoms with Crippen LogP contribution in [0.1, 0.15) is 27.5 Å². The first-order chi connectivity index (χ1) is 12.9. The molecule has 0 aliphatic rings. The molecule has 0 spiro atoms. The molecule has 8 heteroatoms. The van der Waals surface area contributed by atoms with Crippen LogP contribution in [0.25, 0.3) is 5.82 Å². The van der Waals surface area contributed by atoms with Crippen LogP contribution in [-0.2, 0) is 16.1 Å². The van der Waals surface area contributed by atoms with E-state index in [1.807, 2.05) is 19.9 Å². The number of likely N-dealkylation sites (N-methyl/N-ethyl adjacent to an activating group) is 1. The SMILES string of the molecule is Cc1cc(C)n(-c2ccc(C(=O)OCC(=O)N(C)Cc3ccco3)cn2)n1. The summed E-state index contributed by atoms with van der Waals surface area (Å²) in [6, 6.07) is 8.73. The second-order valence-corrected chi connectivity index (χ2v) is 6.15. The number of rotatable bonds is 6. The van der Waals surface area contributed by atoms with Crippen molar-refractivity contribution in [2.75, 3.05) is 13.7 Å². The van der Waals surface area contributed by atoms with E-state index in [1.165, 1.54) is 17.4 Å². The van der Waals surface area contributed by atoms with E-state index in [4.69, 9.17) is 9.15 Å². The minimum Gasteiger partial charge on any atom is -0.467 e. The molecule has 0 aliphatic carbocycles. The Balaban J connectivity index is 1.56. The van der Waals surface area contributed by atoms with Crippen LogP contribution in [0.3, 0.4) is 0 Å². The number of amides is 1. The van der Waals surface area contributed by atoms with Crippen molar-refractivity contribution in [1.29, 1.82) is 0 Å². The lowest BCUT2D eigenvalue weighted by atomic mass is 10.3. The highest BCUT2D eigenvalue weighted by Gasteiger charge is 2.15. The Kier molecular flexibility index (Phi) is 5.35. The molecule has 3 aromatic rings. The molecular weight excluding hydrogens is 348 g/mol. The number of furan rings is 1. The third-order valence-corrected chi connectivity index (χ3v) is 3.94. The minimum absolute atomic E-state index is 0.266. The molecule has 140 valence electrons. The summed E-state index contributed by atoms with van der Waals surface area (Å²) in [6.45, 7) is 3.78. The van der Waals surface area contributed by atoms with Gasteiger partial charge in [-0.2, -0.15) is 5.10 Å². The zero-order chi connectivity index (χ0) is 19.4. The quantitative estimate of drug-likeness (QED) is 0.620. The summed E-state index contributed by atoms with van der Waals surface area (Å²) in [6.07, 6.45) is 2.95. The number of carbonyl (C=O) groups excluding carboxylic acids is 2. The third kappa shape index (κ3) is 4.41. The molecule has 0 saturated heterocycles. The molecule has 27 heavy (non-hydrogen) atoms. The summed E-state index contributed by atoms with van der Waals surface area (Å²) in [5, 5.41) is 4.34. The van der Waals surface area contributed by atoms with Gasteiger partial charge in [-0.25, -0.2) is 14.5 Å². The Morgan fingerprint density at radius 2 is 2.07 bits per heavy atom. The number of nitrogens with zero attached hydrogens (tertiary/aromatic N) is 4. The Morgan fingerprint density at radius 1 is 1.26 bits per heavy atom. The average molecular weight is 368 g/mol. The van der Waals surface area contributed by atoms with Crippen LogP contribution in [0.15, 0.2) is 47.2 Å². The standard InChI is InChI=1S/C19H20N4O4/c1-13-9-14(2)23(21-13)17-7-6-15(10-20-17)19(25)27-12-18(24)22(3)11-16-5-4-8-26-16/h4-10H,11-12H2,1-3H3. The molecule has 1 amide bonds. The number of aryl methyl sites for hydroxylation is 2. The summed E-state index contributed by atoms with van der Waals surface area (Å²) in [7, 11) is 1.61. The van der Waals surface area contributed by atoms with Gasteiger partial charge < -0.3 is 14.1 Å². The van der Waals surface area contributed by atoms with Crippen LogP contribution < -0.4 is 0 Å². The Morgan fingerprint density at radius 3 is 2.67 bits per heavy atom. The summed E-state index contributed by atoms with van der Waals surface area (Å²) in [4.78, 5) is 29.9. The molecule has 0 unspecified atom stereocenters. The number of pyridine rings is 1. The highest BCUT2D eigenvalue weighted by atomic mass is 16.5. The number of carbonyl (C=O) groups is 2. The number of esters is 1. The zero-order valence-corrected chi connectivity index (χ0v) is 15.4. The normalized spacial score (nSPS) is 10.6. The summed E-state index contributed by atoms with van der Waals surface area (Å²) in [5.74, 6) is 0.321. The maximum Gasteiger partial charge on any atom is 0.340 e. The van der Waals surface area contributed by atoms with Crippen LogP contribution in [0.2, 0.25) is 0 Å².